The molecule has 11 heteroatoms. The van der Waals surface area contributed by atoms with Crippen LogP contribution in [0.3, 0.4) is 0 Å². The quantitative estimate of drug-likeness (QED) is 0.300. The number of hydrogen-bond donors (Lipinski definition) is 1. The highest BCUT2D eigenvalue weighted by atomic mass is 19.1. The Balaban J connectivity index is 1.39. The molecule has 2 aliphatic rings. The van der Waals surface area contributed by atoms with Crippen LogP contribution in [0, 0.1) is 42.0 Å². The number of rotatable bonds is 6. The predicted molar refractivity (Wildman–Crippen MR) is 139 cm³/mol. The average molecular weight is 527 g/mol. The Labute approximate surface area is 224 Å². The van der Waals surface area contributed by atoms with Gasteiger partial charge in [0.2, 0.25) is 0 Å². The van der Waals surface area contributed by atoms with Crippen molar-refractivity contribution in [2.24, 2.45) is 5.92 Å². The second-order valence-electron chi connectivity index (χ2n) is 9.96. The molecule has 4 aromatic heterocycles. The van der Waals surface area contributed by atoms with Crippen molar-refractivity contribution in [2.75, 3.05) is 19.7 Å². The molecule has 0 amide bonds. The third-order valence-corrected chi connectivity index (χ3v) is 7.23. The first-order valence-electron chi connectivity index (χ1n) is 13.0. The monoisotopic (exact) mass is 526 g/mol. The molecule has 0 unspecified atom stereocenters. The molecule has 0 radical (unpaired) electrons. The molecule has 5 heterocycles. The summed E-state index contributed by atoms with van der Waals surface area (Å²) in [6.07, 6.45) is 9.90. The topological polar surface area (TPSA) is 117 Å². The predicted octanol–water partition coefficient (Wildman–Crippen LogP) is 3.43. The van der Waals surface area contributed by atoms with E-state index in [9.17, 15) is 14.8 Å². The molecule has 39 heavy (non-hydrogen) atoms. The summed E-state index contributed by atoms with van der Waals surface area (Å²) < 4.78 is 23.4. The fourth-order valence-electron chi connectivity index (χ4n) is 4.89. The first-order chi connectivity index (χ1) is 19.0. The summed E-state index contributed by atoms with van der Waals surface area (Å²) in [5.74, 6) is 6.90. The molecule has 1 aliphatic heterocycles. The lowest BCUT2D eigenvalue weighted by atomic mass is 10.0. The van der Waals surface area contributed by atoms with Crippen molar-refractivity contribution in [3.05, 3.63) is 59.6 Å². The van der Waals surface area contributed by atoms with E-state index >= 15 is 0 Å². The minimum Gasteiger partial charge on any atom is -0.479 e. The fourth-order valence-corrected chi connectivity index (χ4v) is 4.89. The number of hydrogen-bond acceptors (Lipinski definition) is 8. The number of aliphatic hydroxyl groups is 1. The van der Waals surface area contributed by atoms with E-state index in [1.807, 2.05) is 23.9 Å². The van der Waals surface area contributed by atoms with E-state index in [0.717, 1.165) is 48.7 Å². The van der Waals surface area contributed by atoms with E-state index in [2.05, 4.69) is 38.4 Å². The van der Waals surface area contributed by atoms with Gasteiger partial charge in [-0.1, -0.05) is 17.1 Å². The van der Waals surface area contributed by atoms with Crippen LogP contribution in [0.15, 0.2) is 36.8 Å². The standard InChI is InChI=1S/C28H27FN8O2/c1-18-27(33-34-37(18)23-8-10-35(17-30)11-9-23)21-12-25(39-26(16-38)24-7-6-22(29)14-31-24)28-20(5-4-19-2-3-19)13-32-36(28)15-21/h6-7,12-15,19,23,26,38H,2-3,8-11,16H2,1H3/t26-/m1/s1. The van der Waals surface area contributed by atoms with Gasteiger partial charge in [-0.2, -0.15) is 10.4 Å². The van der Waals surface area contributed by atoms with Crippen molar-refractivity contribution in [3.8, 4) is 35.0 Å². The van der Waals surface area contributed by atoms with Crippen LogP contribution < -0.4 is 4.74 Å². The Morgan fingerprint density at radius 3 is 2.72 bits per heavy atom. The molecule has 198 valence electrons. The number of pyridine rings is 2. The summed E-state index contributed by atoms with van der Waals surface area (Å²) in [7, 11) is 0. The zero-order valence-electron chi connectivity index (χ0n) is 21.5. The lowest BCUT2D eigenvalue weighted by molar-refractivity contribution is 0.114. The van der Waals surface area contributed by atoms with Crippen molar-refractivity contribution in [3.63, 3.8) is 0 Å². The highest BCUT2D eigenvalue weighted by molar-refractivity contribution is 5.75. The van der Waals surface area contributed by atoms with E-state index in [0.29, 0.717) is 41.7 Å². The van der Waals surface area contributed by atoms with Crippen LogP contribution in [-0.4, -0.2) is 59.3 Å². The van der Waals surface area contributed by atoms with Gasteiger partial charge in [-0.05, 0) is 50.8 Å². The van der Waals surface area contributed by atoms with Crippen molar-refractivity contribution in [2.45, 2.75) is 44.8 Å². The van der Waals surface area contributed by atoms with Gasteiger partial charge in [0.1, 0.15) is 22.8 Å². The molecule has 6 rings (SSSR count). The van der Waals surface area contributed by atoms with Crippen molar-refractivity contribution in [1.29, 1.82) is 5.26 Å². The van der Waals surface area contributed by atoms with Gasteiger partial charge in [0.05, 0.1) is 42.0 Å². The third kappa shape index (κ3) is 5.01. The Kier molecular flexibility index (Phi) is 6.59. The Bertz CT molecular complexity index is 1600. The normalized spacial score (nSPS) is 16.5. The van der Waals surface area contributed by atoms with Crippen LogP contribution in [0.4, 0.5) is 4.39 Å². The molecule has 1 atom stereocenters. The molecule has 1 aliphatic carbocycles. The summed E-state index contributed by atoms with van der Waals surface area (Å²) in [6, 6.07) is 4.79. The smallest absolute Gasteiger partial charge is 0.179 e. The number of nitriles is 1. The molecular formula is C28H27FN8O2. The first kappa shape index (κ1) is 24.8. The van der Waals surface area contributed by atoms with Gasteiger partial charge in [0.15, 0.2) is 12.3 Å². The lowest BCUT2D eigenvalue weighted by Crippen LogP contribution is -2.31. The molecule has 4 aromatic rings. The van der Waals surface area contributed by atoms with Gasteiger partial charge in [-0.25, -0.2) is 13.6 Å². The Hall–Kier alpha value is -4.48. The minimum absolute atomic E-state index is 0.160. The second-order valence-corrected chi connectivity index (χ2v) is 9.96. The number of aromatic nitrogens is 6. The van der Waals surface area contributed by atoms with E-state index in [1.165, 1.54) is 12.1 Å². The van der Waals surface area contributed by atoms with Crippen molar-refractivity contribution in [1.82, 2.24) is 34.5 Å². The van der Waals surface area contributed by atoms with Gasteiger partial charge in [0, 0.05) is 30.8 Å². The van der Waals surface area contributed by atoms with Crippen molar-refractivity contribution >= 4 is 5.52 Å². The maximum Gasteiger partial charge on any atom is 0.179 e. The zero-order chi connectivity index (χ0) is 26.9. The fraction of sp³-hybridized carbons (Fsp3) is 0.393. The second kappa shape index (κ2) is 10.4. The van der Waals surface area contributed by atoms with Crippen LogP contribution in [0.1, 0.15) is 54.8 Å². The Morgan fingerprint density at radius 2 is 2.03 bits per heavy atom. The highest BCUT2D eigenvalue weighted by Crippen LogP contribution is 2.35. The summed E-state index contributed by atoms with van der Waals surface area (Å²) >= 11 is 0. The van der Waals surface area contributed by atoms with E-state index in [-0.39, 0.29) is 12.6 Å². The third-order valence-electron chi connectivity index (χ3n) is 7.23. The van der Waals surface area contributed by atoms with Crippen LogP contribution in [0.25, 0.3) is 16.8 Å². The number of likely N-dealkylation sites (tertiary alicyclic amines) is 1. The highest BCUT2D eigenvalue weighted by Gasteiger charge is 2.25. The van der Waals surface area contributed by atoms with E-state index in [4.69, 9.17) is 4.74 Å². The SMILES string of the molecule is Cc1c(-c2cc(O[C@H](CO)c3ccc(F)cn3)c3c(C#CC4CC4)cnn3c2)nnn1C1CCN(C#N)CC1. The van der Waals surface area contributed by atoms with Crippen LogP contribution in [0.2, 0.25) is 0 Å². The van der Waals surface area contributed by atoms with Crippen LogP contribution in [0.5, 0.6) is 5.75 Å². The molecule has 0 bridgehead atoms. The average Bonchev–Trinajstić information content (AvgIpc) is 3.58. The zero-order valence-corrected chi connectivity index (χ0v) is 21.5. The molecule has 10 nitrogen and oxygen atoms in total. The number of nitrogens with zero attached hydrogens (tertiary/aromatic N) is 8. The van der Waals surface area contributed by atoms with Crippen molar-refractivity contribution < 1.29 is 14.2 Å². The number of ether oxygens (including phenoxy) is 1. The summed E-state index contributed by atoms with van der Waals surface area (Å²) in [5.41, 5.74) is 4.11. The maximum atomic E-state index is 13.5. The molecule has 1 saturated heterocycles. The molecule has 0 aromatic carbocycles. The van der Waals surface area contributed by atoms with Crippen LogP contribution >= 0.6 is 0 Å². The van der Waals surface area contributed by atoms with Gasteiger partial charge in [-0.3, -0.25) is 4.98 Å². The largest absolute Gasteiger partial charge is 0.479 e. The lowest BCUT2D eigenvalue weighted by Gasteiger charge is -2.28. The van der Waals surface area contributed by atoms with Gasteiger partial charge in [-0.15, -0.1) is 5.10 Å². The van der Waals surface area contributed by atoms with Crippen LogP contribution in [-0.2, 0) is 0 Å². The molecule has 1 N–H and O–H groups in total. The number of halogens is 1. The number of piperidine rings is 1. The molecule has 0 spiro atoms. The summed E-state index contributed by atoms with van der Waals surface area (Å²) in [4.78, 5) is 5.87. The van der Waals surface area contributed by atoms with Gasteiger partial charge >= 0.3 is 0 Å². The van der Waals surface area contributed by atoms with Gasteiger partial charge in [0.25, 0.3) is 0 Å². The maximum absolute atomic E-state index is 13.5. The summed E-state index contributed by atoms with van der Waals surface area (Å²) in [6.45, 7) is 3.00. The molecule has 2 fully saturated rings. The summed E-state index contributed by atoms with van der Waals surface area (Å²) in [5, 5.41) is 32.8. The van der Waals surface area contributed by atoms with E-state index < -0.39 is 11.9 Å². The number of fused-ring (bicyclic) bond motifs is 1. The minimum atomic E-state index is -0.828. The Morgan fingerprint density at radius 1 is 1.21 bits per heavy atom. The van der Waals surface area contributed by atoms with E-state index in [1.54, 1.807) is 15.6 Å². The molecule has 1 saturated carbocycles. The number of aliphatic hydroxyl groups excluding tert-OH is 1. The van der Waals surface area contributed by atoms with Gasteiger partial charge < -0.3 is 14.7 Å². The first-order valence-corrected chi connectivity index (χ1v) is 13.0. The molecular weight excluding hydrogens is 499 g/mol.